The molecule has 0 saturated carbocycles. The second kappa shape index (κ2) is 5.98. The fraction of sp³-hybridized carbons (Fsp3) is 0.471. The Morgan fingerprint density at radius 3 is 2.46 bits per heavy atom. The number of nitrogens with one attached hydrogen (secondary N) is 1. The van der Waals surface area contributed by atoms with Gasteiger partial charge in [0.15, 0.2) is 6.29 Å². The molecule has 1 aliphatic heterocycles. The lowest BCUT2D eigenvalue weighted by atomic mass is 9.89. The molecule has 0 atom stereocenters. The number of rotatable bonds is 3. The first-order valence-corrected chi connectivity index (χ1v) is 9.38. The molecule has 0 bridgehead atoms. The zero-order chi connectivity index (χ0) is 17.5. The number of carbonyl (C=O) groups excluding carboxylic acids is 1. The summed E-state index contributed by atoms with van der Waals surface area (Å²) in [6.45, 7) is 7.53. The third kappa shape index (κ3) is 2.87. The third-order valence-corrected chi connectivity index (χ3v) is 6.18. The fourth-order valence-corrected chi connectivity index (χ4v) is 4.44. The van der Waals surface area contributed by atoms with Gasteiger partial charge in [-0.05, 0) is 18.2 Å². The second-order valence-corrected chi connectivity index (χ2v) is 8.94. The summed E-state index contributed by atoms with van der Waals surface area (Å²) in [5, 5.41) is 0.643. The largest absolute Gasteiger partial charge is 0.379 e. The highest BCUT2D eigenvalue weighted by Gasteiger charge is 2.28. The van der Waals surface area contributed by atoms with Crippen molar-refractivity contribution in [2.75, 3.05) is 26.3 Å². The van der Waals surface area contributed by atoms with Gasteiger partial charge in [-0.15, -0.1) is 0 Å². The van der Waals surface area contributed by atoms with Crippen LogP contribution in [0.15, 0.2) is 23.1 Å². The minimum absolute atomic E-state index is 0.208. The molecule has 1 aliphatic rings. The summed E-state index contributed by atoms with van der Waals surface area (Å²) in [5.74, 6) is 0. The van der Waals surface area contributed by atoms with Crippen LogP contribution in [0.4, 0.5) is 0 Å². The number of H-pyrrole nitrogens is 1. The first kappa shape index (κ1) is 17.1. The number of carbonyl (C=O) groups is 1. The number of aldehydes is 1. The Bertz CT molecular complexity index is 872. The van der Waals surface area contributed by atoms with E-state index in [-0.39, 0.29) is 10.3 Å². The molecule has 24 heavy (non-hydrogen) atoms. The monoisotopic (exact) mass is 350 g/mol. The summed E-state index contributed by atoms with van der Waals surface area (Å²) >= 11 is 0. The zero-order valence-electron chi connectivity index (χ0n) is 14.1. The molecule has 0 unspecified atom stereocenters. The number of aromatic nitrogens is 1. The van der Waals surface area contributed by atoms with Crippen LogP contribution in [0.2, 0.25) is 0 Å². The van der Waals surface area contributed by atoms with E-state index in [0.717, 1.165) is 17.5 Å². The van der Waals surface area contributed by atoms with Gasteiger partial charge in [0.05, 0.1) is 18.1 Å². The molecule has 1 aromatic carbocycles. The molecule has 2 aromatic rings. The standard InChI is InChI=1S/C17H22N2O4S/c1-17(2,3)16-14(11-20)13-10-12(4-5-15(13)18-16)24(21,22)19-6-8-23-9-7-19/h4-5,10-11,18H,6-9H2,1-3H3. The third-order valence-electron chi connectivity index (χ3n) is 4.29. The van der Waals surface area contributed by atoms with Crippen LogP contribution in [0.5, 0.6) is 0 Å². The molecule has 0 radical (unpaired) electrons. The maximum absolute atomic E-state index is 12.8. The summed E-state index contributed by atoms with van der Waals surface area (Å²) in [4.78, 5) is 15.1. The SMILES string of the molecule is CC(C)(C)c1[nH]c2ccc(S(=O)(=O)N3CCOCC3)cc2c1C=O. The Labute approximate surface area is 141 Å². The van der Waals surface area contributed by atoms with Crippen molar-refractivity contribution in [3.05, 3.63) is 29.5 Å². The van der Waals surface area contributed by atoms with Crippen LogP contribution in [-0.4, -0.2) is 50.3 Å². The molecule has 0 aliphatic carbocycles. The molecule has 3 rings (SSSR count). The smallest absolute Gasteiger partial charge is 0.243 e. The summed E-state index contributed by atoms with van der Waals surface area (Å²) in [7, 11) is -3.58. The second-order valence-electron chi connectivity index (χ2n) is 7.01. The zero-order valence-corrected chi connectivity index (χ0v) is 14.9. The van der Waals surface area contributed by atoms with E-state index in [2.05, 4.69) is 4.98 Å². The van der Waals surface area contributed by atoms with Crippen molar-refractivity contribution in [1.29, 1.82) is 0 Å². The van der Waals surface area contributed by atoms with E-state index >= 15 is 0 Å². The highest BCUT2D eigenvalue weighted by atomic mass is 32.2. The van der Waals surface area contributed by atoms with Crippen LogP contribution < -0.4 is 0 Å². The van der Waals surface area contributed by atoms with E-state index in [9.17, 15) is 13.2 Å². The van der Waals surface area contributed by atoms with Crippen molar-refractivity contribution in [2.45, 2.75) is 31.1 Å². The lowest BCUT2D eigenvalue weighted by molar-refractivity contribution is 0.0730. The summed E-state index contributed by atoms with van der Waals surface area (Å²) in [6, 6.07) is 4.91. The number of fused-ring (bicyclic) bond motifs is 1. The average Bonchev–Trinajstić information content (AvgIpc) is 2.93. The lowest BCUT2D eigenvalue weighted by Crippen LogP contribution is -2.40. The number of ether oxygens (including phenoxy) is 1. The molecule has 1 aromatic heterocycles. The summed E-state index contributed by atoms with van der Waals surface area (Å²) < 4.78 is 32.3. The summed E-state index contributed by atoms with van der Waals surface area (Å²) in [6.07, 6.45) is 0.796. The van der Waals surface area contributed by atoms with Gasteiger partial charge in [0.2, 0.25) is 10.0 Å². The summed E-state index contributed by atoms with van der Waals surface area (Å²) in [5.41, 5.74) is 1.87. The molecule has 0 amide bonds. The number of aromatic amines is 1. The Morgan fingerprint density at radius 1 is 1.21 bits per heavy atom. The van der Waals surface area contributed by atoms with Crippen LogP contribution in [-0.2, 0) is 20.2 Å². The Kier molecular flexibility index (Phi) is 4.27. The minimum Gasteiger partial charge on any atom is -0.379 e. The Hall–Kier alpha value is -1.70. The van der Waals surface area contributed by atoms with Crippen LogP contribution in [0.1, 0.15) is 36.8 Å². The van der Waals surface area contributed by atoms with Crippen LogP contribution in [0.25, 0.3) is 10.9 Å². The predicted octanol–water partition coefficient (Wildman–Crippen LogP) is 2.30. The van der Waals surface area contributed by atoms with Crippen LogP contribution >= 0.6 is 0 Å². The van der Waals surface area contributed by atoms with Crippen molar-refractivity contribution in [3.63, 3.8) is 0 Å². The van der Waals surface area contributed by atoms with Gasteiger partial charge in [-0.1, -0.05) is 20.8 Å². The van der Waals surface area contributed by atoms with Crippen LogP contribution in [0, 0.1) is 0 Å². The molecular formula is C17H22N2O4S. The quantitative estimate of drug-likeness (QED) is 0.862. The number of morpholine rings is 1. The molecule has 6 nitrogen and oxygen atoms in total. The van der Waals surface area contributed by atoms with Gasteiger partial charge in [0.25, 0.3) is 0 Å². The normalized spacial score (nSPS) is 17.3. The fourth-order valence-electron chi connectivity index (χ4n) is 3.00. The van der Waals surface area contributed by atoms with Gasteiger partial charge in [0, 0.05) is 40.7 Å². The van der Waals surface area contributed by atoms with E-state index in [1.165, 1.54) is 4.31 Å². The van der Waals surface area contributed by atoms with E-state index < -0.39 is 10.0 Å². The average molecular weight is 350 g/mol. The Morgan fingerprint density at radius 2 is 1.88 bits per heavy atom. The van der Waals surface area contributed by atoms with Crippen molar-refractivity contribution in [3.8, 4) is 0 Å². The molecule has 1 saturated heterocycles. The van der Waals surface area contributed by atoms with Gasteiger partial charge >= 0.3 is 0 Å². The van der Waals surface area contributed by atoms with Crippen molar-refractivity contribution >= 4 is 27.2 Å². The van der Waals surface area contributed by atoms with Crippen molar-refractivity contribution in [1.82, 2.24) is 9.29 Å². The van der Waals surface area contributed by atoms with E-state index in [1.54, 1.807) is 18.2 Å². The number of sulfonamides is 1. The number of hydrogen-bond donors (Lipinski definition) is 1. The molecule has 130 valence electrons. The number of nitrogens with zero attached hydrogens (tertiary/aromatic N) is 1. The van der Waals surface area contributed by atoms with Gasteiger partial charge in [0.1, 0.15) is 0 Å². The maximum Gasteiger partial charge on any atom is 0.243 e. The lowest BCUT2D eigenvalue weighted by Gasteiger charge is -2.26. The van der Waals surface area contributed by atoms with E-state index in [0.29, 0.717) is 37.3 Å². The first-order valence-electron chi connectivity index (χ1n) is 7.94. The van der Waals surface area contributed by atoms with E-state index in [1.807, 2.05) is 20.8 Å². The van der Waals surface area contributed by atoms with Crippen molar-refractivity contribution in [2.24, 2.45) is 0 Å². The highest BCUT2D eigenvalue weighted by Crippen LogP contribution is 2.32. The molecule has 2 heterocycles. The van der Waals surface area contributed by atoms with Gasteiger partial charge < -0.3 is 9.72 Å². The first-order chi connectivity index (χ1) is 11.2. The Balaban J connectivity index is 2.13. The number of benzene rings is 1. The predicted molar refractivity (Wildman–Crippen MR) is 92.0 cm³/mol. The molecular weight excluding hydrogens is 328 g/mol. The molecule has 1 fully saturated rings. The number of hydrogen-bond acceptors (Lipinski definition) is 4. The topological polar surface area (TPSA) is 79.5 Å². The molecule has 1 N–H and O–H groups in total. The molecule has 7 heteroatoms. The van der Waals surface area contributed by atoms with Gasteiger partial charge in [-0.25, -0.2) is 8.42 Å². The van der Waals surface area contributed by atoms with Crippen molar-refractivity contribution < 1.29 is 17.9 Å². The van der Waals surface area contributed by atoms with Gasteiger partial charge in [-0.2, -0.15) is 4.31 Å². The maximum atomic E-state index is 12.8. The molecule has 0 spiro atoms. The van der Waals surface area contributed by atoms with E-state index in [4.69, 9.17) is 4.74 Å². The highest BCUT2D eigenvalue weighted by molar-refractivity contribution is 7.89. The van der Waals surface area contributed by atoms with Gasteiger partial charge in [-0.3, -0.25) is 4.79 Å². The minimum atomic E-state index is -3.58. The van der Waals surface area contributed by atoms with Crippen LogP contribution in [0.3, 0.4) is 0 Å².